The largest absolute Gasteiger partial charge is 0.466 e. The van der Waals surface area contributed by atoms with Gasteiger partial charge >= 0.3 is 11.9 Å². The summed E-state index contributed by atoms with van der Waals surface area (Å²) in [5.41, 5.74) is 1.53. The van der Waals surface area contributed by atoms with Crippen LogP contribution in [0.1, 0.15) is 49.0 Å². The first-order valence-corrected chi connectivity index (χ1v) is 13.5. The summed E-state index contributed by atoms with van der Waals surface area (Å²) in [4.78, 5) is 37.0. The number of ether oxygens (including phenoxy) is 2. The molecule has 0 aliphatic heterocycles. The minimum atomic E-state index is -3.85. The Balaban J connectivity index is 2.24. The smallest absolute Gasteiger partial charge is 0.328 e. The number of rotatable bonds is 14. The molecule has 1 amide bonds. The highest BCUT2D eigenvalue weighted by atomic mass is 32.2. The Morgan fingerprint density at radius 2 is 1.62 bits per heavy atom. The Hall–Kier alpha value is -3.66. The van der Waals surface area contributed by atoms with Crippen LogP contribution >= 0.6 is 0 Å². The molecule has 200 valence electrons. The van der Waals surface area contributed by atoms with Crippen LogP contribution in [0, 0.1) is 6.92 Å². The molecule has 1 atom stereocenters. The fourth-order valence-electron chi connectivity index (χ4n) is 3.44. The molecule has 9 nitrogen and oxygen atoms in total. The molecule has 0 fully saturated rings. The van der Waals surface area contributed by atoms with E-state index in [2.05, 4.69) is 11.9 Å². The molecule has 1 N–H and O–H groups in total. The Morgan fingerprint density at radius 1 is 1.00 bits per heavy atom. The lowest BCUT2D eigenvalue weighted by Gasteiger charge is -2.24. The lowest BCUT2D eigenvalue weighted by Crippen LogP contribution is -2.42. The average molecular weight is 531 g/mol. The zero-order valence-electron chi connectivity index (χ0n) is 21.4. The van der Waals surface area contributed by atoms with Crippen molar-refractivity contribution in [1.29, 1.82) is 0 Å². The molecule has 0 aromatic heterocycles. The second-order valence-electron chi connectivity index (χ2n) is 8.14. The molecule has 2 aromatic carbocycles. The van der Waals surface area contributed by atoms with Crippen LogP contribution in [0.15, 0.2) is 66.1 Å². The summed E-state index contributed by atoms with van der Waals surface area (Å²) < 4.78 is 37.9. The molecule has 0 aliphatic carbocycles. The monoisotopic (exact) mass is 530 g/mol. The molecular weight excluding hydrogens is 496 g/mol. The normalized spacial score (nSPS) is 11.8. The Kier molecular flexibility index (Phi) is 11.3. The van der Waals surface area contributed by atoms with E-state index < -0.39 is 33.9 Å². The molecule has 0 spiro atoms. The molecule has 0 saturated heterocycles. The maximum atomic E-state index is 13.3. The van der Waals surface area contributed by atoms with Crippen LogP contribution in [0.4, 0.5) is 5.69 Å². The van der Waals surface area contributed by atoms with Gasteiger partial charge in [-0.2, -0.15) is 0 Å². The lowest BCUT2D eigenvalue weighted by atomic mass is 10.1. The summed E-state index contributed by atoms with van der Waals surface area (Å²) in [5, 5.41) is 2.59. The number of carbonyl (C=O) groups excluding carboxylic acids is 3. The summed E-state index contributed by atoms with van der Waals surface area (Å²) in [6.45, 7) is 9.38. The first kappa shape index (κ1) is 29.6. The number of hydrogen-bond acceptors (Lipinski definition) is 7. The second-order valence-corrected chi connectivity index (χ2v) is 10.00. The molecule has 2 aromatic rings. The van der Waals surface area contributed by atoms with Crippen LogP contribution in [0.2, 0.25) is 0 Å². The lowest BCUT2D eigenvalue weighted by molar-refractivity contribution is -0.146. The fourth-order valence-corrected chi connectivity index (χ4v) is 4.92. The van der Waals surface area contributed by atoms with Gasteiger partial charge in [0.15, 0.2) is 0 Å². The van der Waals surface area contributed by atoms with E-state index in [0.717, 1.165) is 5.56 Å². The van der Waals surface area contributed by atoms with E-state index >= 15 is 0 Å². The minimum absolute atomic E-state index is 0.0195. The summed E-state index contributed by atoms with van der Waals surface area (Å²) >= 11 is 0. The number of carbonyl (C=O) groups is 3. The number of sulfonamides is 1. The molecule has 0 saturated carbocycles. The van der Waals surface area contributed by atoms with Gasteiger partial charge in [0.2, 0.25) is 0 Å². The van der Waals surface area contributed by atoms with Crippen molar-refractivity contribution in [3.63, 3.8) is 0 Å². The fraction of sp³-hybridized carbons (Fsp3) is 0.370. The average Bonchev–Trinajstić information content (AvgIpc) is 2.87. The molecule has 0 radical (unpaired) electrons. The van der Waals surface area contributed by atoms with Crippen molar-refractivity contribution in [1.82, 2.24) is 5.32 Å². The maximum Gasteiger partial charge on any atom is 0.328 e. The van der Waals surface area contributed by atoms with Crippen molar-refractivity contribution in [3.8, 4) is 0 Å². The van der Waals surface area contributed by atoms with Crippen LogP contribution in [-0.4, -0.2) is 52.1 Å². The van der Waals surface area contributed by atoms with Crippen molar-refractivity contribution in [2.24, 2.45) is 0 Å². The molecule has 2 rings (SSSR count). The van der Waals surface area contributed by atoms with E-state index in [1.807, 2.05) is 6.92 Å². The van der Waals surface area contributed by atoms with E-state index in [1.54, 1.807) is 44.2 Å². The second kappa shape index (κ2) is 14.2. The molecule has 0 heterocycles. The van der Waals surface area contributed by atoms with Crippen molar-refractivity contribution < 1.29 is 32.3 Å². The molecule has 0 bridgehead atoms. The molecule has 10 heteroatoms. The Labute approximate surface area is 218 Å². The minimum Gasteiger partial charge on any atom is -0.466 e. The summed E-state index contributed by atoms with van der Waals surface area (Å²) in [6, 6.07) is 11.5. The Morgan fingerprint density at radius 3 is 2.19 bits per heavy atom. The van der Waals surface area contributed by atoms with Gasteiger partial charge in [0.05, 0.1) is 23.8 Å². The number of anilines is 1. The van der Waals surface area contributed by atoms with Gasteiger partial charge in [0, 0.05) is 18.5 Å². The Bertz CT molecular complexity index is 1180. The van der Waals surface area contributed by atoms with Gasteiger partial charge in [0.1, 0.15) is 6.04 Å². The highest BCUT2D eigenvalue weighted by Crippen LogP contribution is 2.25. The van der Waals surface area contributed by atoms with E-state index in [1.165, 1.54) is 28.6 Å². The first-order valence-electron chi connectivity index (χ1n) is 12.1. The van der Waals surface area contributed by atoms with Crippen LogP contribution in [0.25, 0.3) is 0 Å². The SMILES string of the molecule is C=CCCN(c1ccc(C(=O)N[C@@H](CCC(=O)OCC)C(=O)OCC)cc1)S(=O)(=O)c1ccc(C)cc1. The van der Waals surface area contributed by atoms with E-state index in [4.69, 9.17) is 9.47 Å². The van der Waals surface area contributed by atoms with Gasteiger partial charge < -0.3 is 14.8 Å². The van der Waals surface area contributed by atoms with Gasteiger partial charge in [-0.05, 0) is 70.0 Å². The van der Waals surface area contributed by atoms with Crippen molar-refractivity contribution >= 4 is 33.6 Å². The molecule has 0 unspecified atom stereocenters. The molecule has 0 aliphatic rings. The summed E-state index contributed by atoms with van der Waals surface area (Å²) in [7, 11) is -3.85. The van der Waals surface area contributed by atoms with Gasteiger partial charge in [-0.1, -0.05) is 23.8 Å². The number of hydrogen-bond donors (Lipinski definition) is 1. The quantitative estimate of drug-likeness (QED) is 0.292. The molecule has 37 heavy (non-hydrogen) atoms. The maximum absolute atomic E-state index is 13.3. The van der Waals surface area contributed by atoms with Crippen LogP contribution < -0.4 is 9.62 Å². The third-order valence-corrected chi connectivity index (χ3v) is 7.22. The number of aryl methyl sites for hydroxylation is 1. The number of amides is 1. The van der Waals surface area contributed by atoms with Crippen LogP contribution in [0.5, 0.6) is 0 Å². The third kappa shape index (κ3) is 8.45. The van der Waals surface area contributed by atoms with Crippen molar-refractivity contribution in [2.75, 3.05) is 24.1 Å². The number of esters is 2. The number of nitrogens with one attached hydrogen (secondary N) is 1. The first-order chi connectivity index (χ1) is 17.6. The van der Waals surface area contributed by atoms with Gasteiger partial charge in [-0.3, -0.25) is 13.9 Å². The highest BCUT2D eigenvalue weighted by molar-refractivity contribution is 7.92. The van der Waals surface area contributed by atoms with Crippen molar-refractivity contribution in [2.45, 2.75) is 51.0 Å². The predicted molar refractivity (Wildman–Crippen MR) is 141 cm³/mol. The van der Waals surface area contributed by atoms with E-state index in [-0.39, 0.29) is 43.1 Å². The summed E-state index contributed by atoms with van der Waals surface area (Å²) in [5.74, 6) is -1.70. The number of nitrogens with zero attached hydrogens (tertiary/aromatic N) is 1. The zero-order chi connectivity index (χ0) is 27.4. The topological polar surface area (TPSA) is 119 Å². The number of benzene rings is 2. The standard InChI is InChI=1S/C27H34N2O7S/c1-5-8-19-29(37(33,34)23-15-9-20(4)10-16-23)22-13-11-21(12-14-22)26(31)28-24(27(32)36-7-3)17-18-25(30)35-6-2/h5,9-16,24H,1,6-8,17-19H2,2-4H3,(H,28,31)/t24-/m0/s1. The van der Waals surface area contributed by atoms with Crippen LogP contribution in [-0.2, 0) is 29.1 Å². The zero-order valence-corrected chi connectivity index (χ0v) is 22.3. The van der Waals surface area contributed by atoms with E-state index in [9.17, 15) is 22.8 Å². The van der Waals surface area contributed by atoms with Gasteiger partial charge in [-0.15, -0.1) is 6.58 Å². The van der Waals surface area contributed by atoms with Crippen molar-refractivity contribution in [3.05, 3.63) is 72.3 Å². The predicted octanol–water partition coefficient (Wildman–Crippen LogP) is 3.77. The summed E-state index contributed by atoms with van der Waals surface area (Å²) in [6.07, 6.45) is 2.01. The van der Waals surface area contributed by atoms with Gasteiger partial charge in [0.25, 0.3) is 15.9 Å². The third-order valence-electron chi connectivity index (χ3n) is 5.38. The molecular formula is C27H34N2O7S. The van der Waals surface area contributed by atoms with E-state index in [0.29, 0.717) is 12.1 Å². The van der Waals surface area contributed by atoms with Gasteiger partial charge in [-0.25, -0.2) is 13.2 Å². The highest BCUT2D eigenvalue weighted by Gasteiger charge is 2.26. The van der Waals surface area contributed by atoms with Crippen LogP contribution in [0.3, 0.4) is 0 Å².